The summed E-state index contributed by atoms with van der Waals surface area (Å²) in [5.41, 5.74) is 11.9. The second-order valence-electron chi connectivity index (χ2n) is 4.71. The summed E-state index contributed by atoms with van der Waals surface area (Å²) in [5, 5.41) is 9.54. The molecular weight excluding hydrogens is 216 g/mol. The Morgan fingerprint density at radius 2 is 2.00 bits per heavy atom. The fraction of sp³-hybridized carbons (Fsp3) is 0.583. The molecule has 1 unspecified atom stereocenters. The van der Waals surface area contributed by atoms with Crippen LogP contribution >= 0.6 is 0 Å². The monoisotopic (exact) mass is 236 g/mol. The van der Waals surface area contributed by atoms with Gasteiger partial charge in [0, 0.05) is 13.1 Å². The summed E-state index contributed by atoms with van der Waals surface area (Å²) in [6.07, 6.45) is 1.76. The summed E-state index contributed by atoms with van der Waals surface area (Å²) in [6.45, 7) is 3.68. The summed E-state index contributed by atoms with van der Waals surface area (Å²) in [4.78, 5) is 6.47. The first-order valence-corrected chi connectivity index (χ1v) is 6.03. The van der Waals surface area contributed by atoms with E-state index in [0.29, 0.717) is 17.4 Å². The Bertz CT molecular complexity index is 386. The first kappa shape index (κ1) is 12.0. The maximum atomic E-state index is 9.54. The number of aliphatic hydroxyl groups excluding tert-OH is 1. The quantitative estimate of drug-likeness (QED) is 0.708. The van der Waals surface area contributed by atoms with Crippen LogP contribution in [-0.2, 0) is 0 Å². The van der Waals surface area contributed by atoms with Gasteiger partial charge in [0.15, 0.2) is 0 Å². The smallest absolute Gasteiger partial charge is 0.149 e. The van der Waals surface area contributed by atoms with Gasteiger partial charge in [-0.05, 0) is 37.8 Å². The molecule has 1 aromatic heterocycles. The number of nitrogens with two attached hydrogens (primary N) is 2. The van der Waals surface area contributed by atoms with Gasteiger partial charge in [0.05, 0.1) is 11.8 Å². The van der Waals surface area contributed by atoms with Crippen molar-refractivity contribution >= 4 is 17.3 Å². The maximum Gasteiger partial charge on any atom is 0.149 e. The molecule has 17 heavy (non-hydrogen) atoms. The van der Waals surface area contributed by atoms with Gasteiger partial charge in [0.25, 0.3) is 0 Å². The van der Waals surface area contributed by atoms with Crippen LogP contribution in [0.15, 0.2) is 12.1 Å². The van der Waals surface area contributed by atoms with Crippen molar-refractivity contribution in [2.75, 3.05) is 29.5 Å². The van der Waals surface area contributed by atoms with E-state index in [2.05, 4.69) is 9.88 Å². The number of rotatable bonds is 2. The third-order valence-electron chi connectivity index (χ3n) is 3.49. The number of piperidine rings is 1. The van der Waals surface area contributed by atoms with Gasteiger partial charge in [-0.15, -0.1) is 0 Å². The first-order valence-electron chi connectivity index (χ1n) is 6.03. The van der Waals surface area contributed by atoms with E-state index in [1.807, 2.05) is 13.0 Å². The highest BCUT2D eigenvalue weighted by Crippen LogP contribution is 2.25. The summed E-state index contributed by atoms with van der Waals surface area (Å²) in [7, 11) is 0. The number of anilines is 3. The molecule has 94 valence electrons. The highest BCUT2D eigenvalue weighted by molar-refractivity contribution is 5.62. The Balaban J connectivity index is 2.03. The Labute approximate surface area is 101 Å². The number of nitrogens with zero attached hydrogens (tertiary/aromatic N) is 2. The molecule has 2 heterocycles. The lowest BCUT2D eigenvalue weighted by atomic mass is 9.92. The van der Waals surface area contributed by atoms with E-state index in [1.165, 1.54) is 0 Å². The van der Waals surface area contributed by atoms with Gasteiger partial charge in [0.2, 0.25) is 0 Å². The van der Waals surface area contributed by atoms with Crippen molar-refractivity contribution in [1.29, 1.82) is 0 Å². The Morgan fingerprint density at radius 3 is 2.53 bits per heavy atom. The van der Waals surface area contributed by atoms with Crippen molar-refractivity contribution in [1.82, 2.24) is 4.98 Å². The number of hydrogen-bond acceptors (Lipinski definition) is 5. The summed E-state index contributed by atoms with van der Waals surface area (Å²) >= 11 is 0. The normalized spacial score (nSPS) is 19.3. The molecule has 1 saturated heterocycles. The minimum absolute atomic E-state index is 0.221. The summed E-state index contributed by atoms with van der Waals surface area (Å²) in [6, 6.07) is 3.69. The Kier molecular flexibility index (Phi) is 3.38. The molecule has 1 aromatic rings. The number of aliphatic hydroxyl groups is 1. The fourth-order valence-corrected chi connectivity index (χ4v) is 2.26. The van der Waals surface area contributed by atoms with Crippen molar-refractivity contribution in [3.63, 3.8) is 0 Å². The third kappa shape index (κ3) is 2.61. The second kappa shape index (κ2) is 4.79. The molecule has 5 heteroatoms. The van der Waals surface area contributed by atoms with Gasteiger partial charge in [0.1, 0.15) is 11.6 Å². The van der Waals surface area contributed by atoms with Gasteiger partial charge in [-0.1, -0.05) is 0 Å². The van der Waals surface area contributed by atoms with E-state index < -0.39 is 0 Å². The Morgan fingerprint density at radius 1 is 1.35 bits per heavy atom. The predicted molar refractivity (Wildman–Crippen MR) is 69.7 cm³/mol. The minimum atomic E-state index is -0.221. The van der Waals surface area contributed by atoms with Crippen LogP contribution in [0, 0.1) is 5.92 Å². The van der Waals surface area contributed by atoms with Crippen molar-refractivity contribution in [3.8, 4) is 0 Å². The van der Waals surface area contributed by atoms with Crippen molar-refractivity contribution in [2.45, 2.75) is 25.9 Å². The van der Waals surface area contributed by atoms with Gasteiger partial charge in [-0.25, -0.2) is 4.98 Å². The van der Waals surface area contributed by atoms with E-state index in [0.717, 1.165) is 31.7 Å². The van der Waals surface area contributed by atoms with Crippen LogP contribution in [0.2, 0.25) is 0 Å². The van der Waals surface area contributed by atoms with Crippen LogP contribution in [0.3, 0.4) is 0 Å². The van der Waals surface area contributed by atoms with Crippen molar-refractivity contribution in [2.24, 2.45) is 5.92 Å². The lowest BCUT2D eigenvalue weighted by Crippen LogP contribution is -2.37. The topological polar surface area (TPSA) is 88.4 Å². The molecule has 5 N–H and O–H groups in total. The molecular formula is C12H20N4O. The molecule has 0 spiro atoms. The van der Waals surface area contributed by atoms with E-state index >= 15 is 0 Å². The molecule has 2 rings (SSSR count). The third-order valence-corrected chi connectivity index (χ3v) is 3.49. The molecule has 0 bridgehead atoms. The van der Waals surface area contributed by atoms with E-state index in [4.69, 9.17) is 11.5 Å². The zero-order valence-corrected chi connectivity index (χ0v) is 10.1. The zero-order chi connectivity index (χ0) is 12.4. The van der Waals surface area contributed by atoms with Crippen molar-refractivity contribution in [3.05, 3.63) is 12.1 Å². The van der Waals surface area contributed by atoms with E-state index in [-0.39, 0.29) is 6.10 Å². The van der Waals surface area contributed by atoms with Crippen LogP contribution in [-0.4, -0.2) is 29.3 Å². The minimum Gasteiger partial charge on any atom is -0.396 e. The molecule has 0 amide bonds. The van der Waals surface area contributed by atoms with Gasteiger partial charge in [-0.3, -0.25) is 0 Å². The SMILES string of the molecule is CC(O)C1CCN(c2ccc(N)c(N)n2)CC1. The van der Waals surface area contributed by atoms with Crippen LogP contribution in [0.4, 0.5) is 17.3 Å². The highest BCUT2D eigenvalue weighted by Gasteiger charge is 2.23. The zero-order valence-electron chi connectivity index (χ0n) is 10.1. The van der Waals surface area contributed by atoms with Crippen LogP contribution < -0.4 is 16.4 Å². The average molecular weight is 236 g/mol. The number of nitrogen functional groups attached to an aromatic ring is 2. The molecule has 0 saturated carbocycles. The molecule has 0 radical (unpaired) electrons. The van der Waals surface area contributed by atoms with Crippen LogP contribution in [0.1, 0.15) is 19.8 Å². The van der Waals surface area contributed by atoms with Gasteiger partial charge >= 0.3 is 0 Å². The largest absolute Gasteiger partial charge is 0.396 e. The van der Waals surface area contributed by atoms with Crippen LogP contribution in [0.25, 0.3) is 0 Å². The predicted octanol–water partition coefficient (Wildman–Crippen LogP) is 0.843. The van der Waals surface area contributed by atoms with E-state index in [9.17, 15) is 5.11 Å². The number of pyridine rings is 1. The summed E-state index contributed by atoms with van der Waals surface area (Å²) < 4.78 is 0. The van der Waals surface area contributed by atoms with E-state index in [1.54, 1.807) is 6.07 Å². The number of hydrogen-bond donors (Lipinski definition) is 3. The van der Waals surface area contributed by atoms with Crippen LogP contribution in [0.5, 0.6) is 0 Å². The lowest BCUT2D eigenvalue weighted by molar-refractivity contribution is 0.110. The molecule has 0 aliphatic carbocycles. The molecule has 1 aliphatic rings. The second-order valence-corrected chi connectivity index (χ2v) is 4.71. The lowest BCUT2D eigenvalue weighted by Gasteiger charge is -2.34. The molecule has 1 atom stereocenters. The number of aromatic nitrogens is 1. The van der Waals surface area contributed by atoms with Gasteiger partial charge in [-0.2, -0.15) is 0 Å². The molecule has 5 nitrogen and oxygen atoms in total. The fourth-order valence-electron chi connectivity index (χ4n) is 2.26. The summed E-state index contributed by atoms with van der Waals surface area (Å²) in [5.74, 6) is 1.67. The highest BCUT2D eigenvalue weighted by atomic mass is 16.3. The standard InChI is InChI=1S/C12H20N4O/c1-8(17)9-4-6-16(7-5-9)11-3-2-10(13)12(14)15-11/h2-3,8-9,17H,4-7,13H2,1H3,(H2,14,15). The first-order chi connectivity index (χ1) is 8.08. The average Bonchev–Trinajstić information content (AvgIpc) is 2.33. The Hall–Kier alpha value is -1.49. The molecule has 1 fully saturated rings. The maximum absolute atomic E-state index is 9.54. The van der Waals surface area contributed by atoms with Gasteiger partial charge < -0.3 is 21.5 Å². The molecule has 0 aromatic carbocycles. The molecule has 1 aliphatic heterocycles. The van der Waals surface area contributed by atoms with Crippen molar-refractivity contribution < 1.29 is 5.11 Å².